The lowest BCUT2D eigenvalue weighted by molar-refractivity contribution is 0.102. The number of ketones is 2. The fourth-order valence-electron chi connectivity index (χ4n) is 6.49. The molecule has 0 radical (unpaired) electrons. The molecule has 0 unspecified atom stereocenters. The van der Waals surface area contributed by atoms with Crippen LogP contribution in [-0.2, 0) is 6.54 Å². The maximum absolute atomic E-state index is 13.3. The maximum atomic E-state index is 13.3. The third-order valence-corrected chi connectivity index (χ3v) is 9.61. The Balaban J connectivity index is 0.000000160. The van der Waals surface area contributed by atoms with E-state index in [1.165, 1.54) is 6.20 Å². The van der Waals surface area contributed by atoms with E-state index in [1.807, 2.05) is 53.1 Å². The summed E-state index contributed by atoms with van der Waals surface area (Å²) in [6.07, 6.45) is 3.12. The number of nitrogens with one attached hydrogen (secondary N) is 1. The predicted octanol–water partition coefficient (Wildman–Crippen LogP) is 7.34. The number of para-hydroxylation sites is 2. The Morgan fingerprint density at radius 2 is 1.19 bits per heavy atom. The van der Waals surface area contributed by atoms with Gasteiger partial charge in [-0.1, -0.05) is 52.3 Å². The fraction of sp³-hybridized carbons (Fsp3) is 0.116. The number of fused-ring (bicyclic) bond motifs is 4. The van der Waals surface area contributed by atoms with E-state index in [2.05, 4.69) is 20.9 Å². The minimum atomic E-state index is -0.339. The highest BCUT2D eigenvalue weighted by Crippen LogP contribution is 2.32. The van der Waals surface area contributed by atoms with Gasteiger partial charge in [-0.3, -0.25) is 19.2 Å². The number of nitrogens with zero attached hydrogens (tertiary/aromatic N) is 1. The molecule has 0 saturated carbocycles. The summed E-state index contributed by atoms with van der Waals surface area (Å²) in [5.41, 5.74) is 3.02. The van der Waals surface area contributed by atoms with Crippen molar-refractivity contribution in [2.45, 2.75) is 6.54 Å². The van der Waals surface area contributed by atoms with Crippen LogP contribution in [0.5, 0.6) is 23.0 Å². The SMILES string of the molecule is O=C(c1ccc2c(c1)OCCO2)c1c[nH]c2ccccc2c1=O.O=C(c1ccc2c(c1)OCCO2)c1cn(Cc2cccc(Br)c2)c2ccccc2c1=O. The first-order valence-electron chi connectivity index (χ1n) is 17.2. The summed E-state index contributed by atoms with van der Waals surface area (Å²) >= 11 is 3.50. The van der Waals surface area contributed by atoms with Crippen LogP contribution < -0.4 is 29.8 Å². The van der Waals surface area contributed by atoms with E-state index >= 15 is 0 Å². The van der Waals surface area contributed by atoms with Crippen molar-refractivity contribution < 1.29 is 28.5 Å². The van der Waals surface area contributed by atoms with Crippen molar-refractivity contribution in [3.05, 3.63) is 174 Å². The summed E-state index contributed by atoms with van der Waals surface area (Å²) < 4.78 is 25.0. The Morgan fingerprint density at radius 1 is 0.611 bits per heavy atom. The lowest BCUT2D eigenvalue weighted by Crippen LogP contribution is -2.21. The molecule has 54 heavy (non-hydrogen) atoms. The van der Waals surface area contributed by atoms with Gasteiger partial charge in [0.15, 0.2) is 34.6 Å². The second kappa shape index (κ2) is 14.9. The minimum absolute atomic E-state index is 0.111. The first-order valence-corrected chi connectivity index (χ1v) is 18.0. The van der Waals surface area contributed by atoms with Gasteiger partial charge in [-0.2, -0.15) is 0 Å². The van der Waals surface area contributed by atoms with Gasteiger partial charge in [0.05, 0.1) is 16.6 Å². The van der Waals surface area contributed by atoms with Gasteiger partial charge in [-0.15, -0.1) is 0 Å². The van der Waals surface area contributed by atoms with Gasteiger partial charge in [0, 0.05) is 50.8 Å². The molecule has 10 nitrogen and oxygen atoms in total. The molecular weight excluding hydrogens is 752 g/mol. The fourth-order valence-corrected chi connectivity index (χ4v) is 6.93. The number of hydrogen-bond acceptors (Lipinski definition) is 8. The van der Waals surface area contributed by atoms with Crippen LogP contribution in [0, 0.1) is 0 Å². The molecule has 4 heterocycles. The van der Waals surface area contributed by atoms with Crippen molar-refractivity contribution >= 4 is 49.3 Å². The molecule has 9 rings (SSSR count). The summed E-state index contributed by atoms with van der Waals surface area (Å²) in [5, 5.41) is 1.01. The number of hydrogen-bond donors (Lipinski definition) is 1. The van der Waals surface area contributed by atoms with Crippen LogP contribution in [0.4, 0.5) is 0 Å². The zero-order chi connectivity index (χ0) is 37.2. The Kier molecular flexibility index (Phi) is 9.54. The van der Waals surface area contributed by atoms with E-state index in [9.17, 15) is 19.2 Å². The van der Waals surface area contributed by atoms with Crippen LogP contribution in [0.25, 0.3) is 21.8 Å². The quantitative estimate of drug-likeness (QED) is 0.174. The first kappa shape index (κ1) is 34.6. The highest BCUT2D eigenvalue weighted by molar-refractivity contribution is 9.10. The molecule has 0 fully saturated rings. The molecule has 0 spiro atoms. The summed E-state index contributed by atoms with van der Waals surface area (Å²) in [4.78, 5) is 54.7. The summed E-state index contributed by atoms with van der Waals surface area (Å²) in [6.45, 7) is 2.37. The minimum Gasteiger partial charge on any atom is -0.486 e. The van der Waals surface area contributed by atoms with Crippen molar-refractivity contribution in [1.82, 2.24) is 9.55 Å². The molecule has 268 valence electrons. The zero-order valence-electron chi connectivity index (χ0n) is 28.7. The smallest absolute Gasteiger partial charge is 0.200 e. The standard InChI is InChI=1S/C25H18BrNO4.C18H13NO4/c26-18-5-3-4-16(12-18)14-27-15-20(25(29)19-6-1-2-7-21(19)27)24(28)17-8-9-22-23(13-17)31-11-10-30-22;20-17(11-5-6-15-16(9-11)23-8-7-22-15)13-10-19-14-4-2-1-3-12(14)18(13)21/h1-9,12-13,15H,10-11,14H2;1-6,9-10H,7-8H2,(H,19,21). The summed E-state index contributed by atoms with van der Waals surface area (Å²) in [5.74, 6) is 1.59. The Morgan fingerprint density at radius 3 is 1.85 bits per heavy atom. The second-order valence-corrected chi connectivity index (χ2v) is 13.5. The van der Waals surface area contributed by atoms with E-state index in [-0.39, 0.29) is 33.6 Å². The van der Waals surface area contributed by atoms with Crippen molar-refractivity contribution in [2.24, 2.45) is 0 Å². The molecule has 2 aliphatic heterocycles. The van der Waals surface area contributed by atoms with Gasteiger partial charge in [-0.05, 0) is 78.4 Å². The van der Waals surface area contributed by atoms with Crippen LogP contribution in [-0.4, -0.2) is 47.5 Å². The number of carbonyl (C=O) groups excluding carboxylic acids is 2. The van der Waals surface area contributed by atoms with E-state index in [0.29, 0.717) is 83.4 Å². The number of aromatic nitrogens is 2. The number of ether oxygens (including phenoxy) is 4. The Bertz CT molecular complexity index is 2720. The highest BCUT2D eigenvalue weighted by Gasteiger charge is 2.21. The molecule has 11 heteroatoms. The average molecular weight is 784 g/mol. The van der Waals surface area contributed by atoms with Gasteiger partial charge in [0.2, 0.25) is 10.9 Å². The highest BCUT2D eigenvalue weighted by atomic mass is 79.9. The van der Waals surface area contributed by atoms with Crippen molar-refractivity contribution in [3.8, 4) is 23.0 Å². The molecule has 7 aromatic rings. The van der Waals surface area contributed by atoms with E-state index < -0.39 is 0 Å². The number of benzene rings is 5. The largest absolute Gasteiger partial charge is 0.486 e. The molecule has 0 atom stereocenters. The third-order valence-electron chi connectivity index (χ3n) is 9.12. The zero-order valence-corrected chi connectivity index (χ0v) is 30.3. The molecule has 2 aromatic heterocycles. The van der Waals surface area contributed by atoms with Gasteiger partial charge in [0.1, 0.15) is 26.4 Å². The number of halogens is 1. The van der Waals surface area contributed by atoms with Crippen molar-refractivity contribution in [2.75, 3.05) is 26.4 Å². The molecule has 0 bridgehead atoms. The molecule has 5 aromatic carbocycles. The molecule has 0 amide bonds. The third kappa shape index (κ3) is 6.89. The van der Waals surface area contributed by atoms with Crippen LogP contribution in [0.3, 0.4) is 0 Å². The Hall–Kier alpha value is -6.46. The lowest BCUT2D eigenvalue weighted by atomic mass is 10.0. The monoisotopic (exact) mass is 782 g/mol. The van der Waals surface area contributed by atoms with E-state index in [0.717, 1.165) is 15.6 Å². The molecule has 1 N–H and O–H groups in total. The van der Waals surface area contributed by atoms with Crippen LogP contribution in [0.2, 0.25) is 0 Å². The van der Waals surface area contributed by atoms with E-state index in [1.54, 1.807) is 66.9 Å². The van der Waals surface area contributed by atoms with Gasteiger partial charge in [-0.25, -0.2) is 0 Å². The first-order chi connectivity index (χ1) is 26.3. The summed E-state index contributed by atoms with van der Waals surface area (Å²) in [6, 6.07) is 32.4. The van der Waals surface area contributed by atoms with Gasteiger partial charge >= 0.3 is 0 Å². The topological polar surface area (TPSA) is 126 Å². The summed E-state index contributed by atoms with van der Waals surface area (Å²) in [7, 11) is 0. The van der Waals surface area contributed by atoms with Crippen molar-refractivity contribution in [1.29, 1.82) is 0 Å². The van der Waals surface area contributed by atoms with Gasteiger partial charge < -0.3 is 28.5 Å². The number of aromatic amines is 1. The molecule has 0 aliphatic carbocycles. The van der Waals surface area contributed by atoms with Crippen LogP contribution in [0.15, 0.2) is 136 Å². The lowest BCUT2D eigenvalue weighted by Gasteiger charge is -2.19. The number of H-pyrrole nitrogens is 1. The average Bonchev–Trinajstić information content (AvgIpc) is 3.21. The molecular formula is C43H31BrN2O8. The predicted molar refractivity (Wildman–Crippen MR) is 208 cm³/mol. The second-order valence-electron chi connectivity index (χ2n) is 12.6. The maximum Gasteiger partial charge on any atom is 0.200 e. The number of carbonyl (C=O) groups is 2. The normalized spacial score (nSPS) is 12.8. The number of pyridine rings is 2. The van der Waals surface area contributed by atoms with Crippen molar-refractivity contribution in [3.63, 3.8) is 0 Å². The van der Waals surface area contributed by atoms with Gasteiger partial charge in [0.25, 0.3) is 0 Å². The molecule has 2 aliphatic rings. The van der Waals surface area contributed by atoms with Crippen LogP contribution >= 0.6 is 15.9 Å². The van der Waals surface area contributed by atoms with E-state index in [4.69, 9.17) is 18.9 Å². The van der Waals surface area contributed by atoms with Crippen LogP contribution in [0.1, 0.15) is 37.4 Å². The number of rotatable bonds is 6. The molecule has 0 saturated heterocycles. The Labute approximate surface area is 316 Å².